The Labute approximate surface area is 114 Å². The van der Waals surface area contributed by atoms with Gasteiger partial charge in [-0.1, -0.05) is 13.8 Å². The Morgan fingerprint density at radius 1 is 1.35 bits per heavy atom. The highest BCUT2D eigenvalue weighted by molar-refractivity contribution is 7.09. The van der Waals surface area contributed by atoms with E-state index in [1.54, 1.807) is 11.3 Å². The summed E-state index contributed by atoms with van der Waals surface area (Å²) in [6, 6.07) is 0.944. The van der Waals surface area contributed by atoms with Crippen molar-refractivity contribution in [3.8, 4) is 0 Å². The van der Waals surface area contributed by atoms with Gasteiger partial charge in [0.05, 0.1) is 17.6 Å². The average molecular weight is 275 g/mol. The first-order valence-electron chi connectivity index (χ1n) is 6.17. The number of nitrogens with zero attached hydrogens (tertiary/aromatic N) is 2. The van der Waals surface area contributed by atoms with Gasteiger partial charge in [-0.05, 0) is 33.2 Å². The van der Waals surface area contributed by atoms with Crippen molar-refractivity contribution in [2.75, 3.05) is 7.05 Å². The van der Waals surface area contributed by atoms with Crippen molar-refractivity contribution < 1.29 is 0 Å². The number of thiazole rings is 1. The first-order valence-corrected chi connectivity index (χ1v) is 7.59. The summed E-state index contributed by atoms with van der Waals surface area (Å²) in [5.41, 5.74) is 0.989. The molecule has 0 saturated carbocycles. The second kappa shape index (κ2) is 6.72. The summed E-state index contributed by atoms with van der Waals surface area (Å²) >= 11 is 7.50. The molecule has 0 bridgehead atoms. The molecule has 2 unspecified atom stereocenters. The highest BCUT2D eigenvalue weighted by Crippen LogP contribution is 2.26. The van der Waals surface area contributed by atoms with Crippen LogP contribution in [0.3, 0.4) is 0 Å². The largest absolute Gasteiger partial charge is 0.295 e. The van der Waals surface area contributed by atoms with Gasteiger partial charge in [0, 0.05) is 11.4 Å². The molecule has 4 heteroatoms. The summed E-state index contributed by atoms with van der Waals surface area (Å²) in [4.78, 5) is 6.96. The number of alkyl halides is 1. The third-order valence-corrected chi connectivity index (χ3v) is 4.52. The minimum absolute atomic E-state index is 0.366. The van der Waals surface area contributed by atoms with Gasteiger partial charge in [-0.25, -0.2) is 4.98 Å². The van der Waals surface area contributed by atoms with Crippen molar-refractivity contribution in [2.24, 2.45) is 5.92 Å². The standard InChI is InChI=1S/C13H23ClN2S/c1-9(2)6-10(3)16(5)11(4)13-15-12(7-14)8-17-13/h8-11H,6-7H2,1-5H3. The molecular formula is C13H23ClN2S. The molecule has 0 N–H and O–H groups in total. The molecule has 0 aliphatic heterocycles. The molecule has 0 fully saturated rings. The molecule has 1 aromatic heterocycles. The van der Waals surface area contributed by atoms with Crippen LogP contribution in [0.5, 0.6) is 0 Å². The Balaban J connectivity index is 2.65. The minimum Gasteiger partial charge on any atom is -0.295 e. The third kappa shape index (κ3) is 4.23. The zero-order chi connectivity index (χ0) is 13.0. The van der Waals surface area contributed by atoms with Crippen molar-refractivity contribution in [1.29, 1.82) is 0 Å². The van der Waals surface area contributed by atoms with Crippen LogP contribution in [0.2, 0.25) is 0 Å². The van der Waals surface area contributed by atoms with Crippen LogP contribution in [0.1, 0.15) is 50.9 Å². The quantitative estimate of drug-likeness (QED) is 0.719. The van der Waals surface area contributed by atoms with E-state index in [-0.39, 0.29) is 0 Å². The summed E-state index contributed by atoms with van der Waals surface area (Å²) in [5, 5.41) is 3.22. The summed E-state index contributed by atoms with van der Waals surface area (Å²) in [7, 11) is 2.18. The molecule has 0 aromatic carbocycles. The number of hydrogen-bond donors (Lipinski definition) is 0. The van der Waals surface area contributed by atoms with E-state index >= 15 is 0 Å². The van der Waals surface area contributed by atoms with E-state index in [0.717, 1.165) is 11.6 Å². The summed E-state index contributed by atoms with van der Waals surface area (Å²) in [5.74, 6) is 1.24. The molecule has 17 heavy (non-hydrogen) atoms. The van der Waals surface area contributed by atoms with Crippen molar-refractivity contribution >= 4 is 22.9 Å². The molecule has 2 nitrogen and oxygen atoms in total. The predicted molar refractivity (Wildman–Crippen MR) is 76.8 cm³/mol. The van der Waals surface area contributed by atoms with Gasteiger partial charge in [0.2, 0.25) is 0 Å². The number of aromatic nitrogens is 1. The van der Waals surface area contributed by atoms with E-state index in [1.165, 1.54) is 11.4 Å². The molecule has 0 radical (unpaired) electrons. The zero-order valence-corrected chi connectivity index (χ0v) is 13.0. The summed E-state index contributed by atoms with van der Waals surface area (Å²) in [6.45, 7) is 9.04. The van der Waals surface area contributed by atoms with Gasteiger partial charge in [0.15, 0.2) is 0 Å². The first-order chi connectivity index (χ1) is 7.95. The van der Waals surface area contributed by atoms with Crippen LogP contribution in [0.4, 0.5) is 0 Å². The lowest BCUT2D eigenvalue weighted by molar-refractivity contribution is 0.175. The summed E-state index contributed by atoms with van der Waals surface area (Å²) < 4.78 is 0. The Morgan fingerprint density at radius 3 is 2.47 bits per heavy atom. The summed E-state index contributed by atoms with van der Waals surface area (Å²) in [6.07, 6.45) is 1.22. The predicted octanol–water partition coefficient (Wildman–Crippen LogP) is 4.31. The number of hydrogen-bond acceptors (Lipinski definition) is 3. The van der Waals surface area contributed by atoms with Gasteiger partial charge >= 0.3 is 0 Å². The van der Waals surface area contributed by atoms with Crippen LogP contribution >= 0.6 is 22.9 Å². The Hall–Kier alpha value is -0.120. The van der Waals surface area contributed by atoms with E-state index < -0.39 is 0 Å². The van der Waals surface area contributed by atoms with Gasteiger partial charge in [-0.2, -0.15) is 0 Å². The molecule has 0 saturated heterocycles. The first kappa shape index (κ1) is 14.9. The van der Waals surface area contributed by atoms with Crippen molar-refractivity contribution in [3.63, 3.8) is 0 Å². The molecule has 1 heterocycles. The van der Waals surface area contributed by atoms with E-state index in [0.29, 0.717) is 18.0 Å². The Bertz CT molecular complexity index is 338. The van der Waals surface area contributed by atoms with Crippen LogP contribution in [0, 0.1) is 5.92 Å². The smallest absolute Gasteiger partial charge is 0.110 e. The molecule has 1 aromatic rings. The zero-order valence-electron chi connectivity index (χ0n) is 11.4. The second-order valence-corrected chi connectivity index (χ2v) is 6.29. The van der Waals surface area contributed by atoms with Crippen LogP contribution in [-0.4, -0.2) is 23.0 Å². The Morgan fingerprint density at radius 2 is 2.00 bits per heavy atom. The molecule has 0 aliphatic rings. The minimum atomic E-state index is 0.366. The van der Waals surface area contributed by atoms with Crippen LogP contribution in [-0.2, 0) is 5.88 Å². The fraction of sp³-hybridized carbons (Fsp3) is 0.769. The lowest BCUT2D eigenvalue weighted by Crippen LogP contribution is -2.32. The van der Waals surface area contributed by atoms with E-state index in [4.69, 9.17) is 11.6 Å². The lowest BCUT2D eigenvalue weighted by Gasteiger charge is -2.30. The monoisotopic (exact) mass is 274 g/mol. The topological polar surface area (TPSA) is 16.1 Å². The third-order valence-electron chi connectivity index (χ3n) is 3.18. The van der Waals surface area contributed by atoms with E-state index in [1.807, 2.05) is 0 Å². The normalized spacial score (nSPS) is 15.5. The second-order valence-electron chi connectivity index (χ2n) is 5.13. The van der Waals surface area contributed by atoms with Gasteiger partial charge < -0.3 is 0 Å². The van der Waals surface area contributed by atoms with Gasteiger partial charge in [0.1, 0.15) is 5.01 Å². The molecule has 98 valence electrons. The average Bonchev–Trinajstić information content (AvgIpc) is 2.74. The van der Waals surface area contributed by atoms with Crippen molar-refractivity contribution in [2.45, 2.75) is 52.1 Å². The molecule has 0 aliphatic carbocycles. The fourth-order valence-corrected chi connectivity index (χ4v) is 3.13. The lowest BCUT2D eigenvalue weighted by atomic mass is 10.0. The van der Waals surface area contributed by atoms with E-state index in [2.05, 4.69) is 50.0 Å². The fourth-order valence-electron chi connectivity index (χ4n) is 1.98. The van der Waals surface area contributed by atoms with Crippen LogP contribution in [0.25, 0.3) is 0 Å². The van der Waals surface area contributed by atoms with E-state index in [9.17, 15) is 0 Å². The van der Waals surface area contributed by atoms with Crippen molar-refractivity contribution in [1.82, 2.24) is 9.88 Å². The van der Waals surface area contributed by atoms with Crippen molar-refractivity contribution in [3.05, 3.63) is 16.1 Å². The molecule has 0 spiro atoms. The van der Waals surface area contributed by atoms with Gasteiger partial charge in [-0.15, -0.1) is 22.9 Å². The van der Waals surface area contributed by atoms with Gasteiger partial charge in [-0.3, -0.25) is 4.90 Å². The SMILES string of the molecule is CC(C)CC(C)N(C)C(C)c1nc(CCl)cs1. The molecule has 2 atom stereocenters. The maximum atomic E-state index is 5.79. The number of rotatable bonds is 6. The maximum Gasteiger partial charge on any atom is 0.110 e. The molecular weight excluding hydrogens is 252 g/mol. The maximum absolute atomic E-state index is 5.79. The molecule has 1 rings (SSSR count). The highest BCUT2D eigenvalue weighted by Gasteiger charge is 2.20. The van der Waals surface area contributed by atoms with Crippen LogP contribution < -0.4 is 0 Å². The Kier molecular flexibility index (Phi) is 5.90. The van der Waals surface area contributed by atoms with Crippen LogP contribution in [0.15, 0.2) is 5.38 Å². The number of halogens is 1. The molecule has 0 amide bonds. The van der Waals surface area contributed by atoms with Gasteiger partial charge in [0.25, 0.3) is 0 Å². The highest BCUT2D eigenvalue weighted by atomic mass is 35.5.